The molecule has 1 saturated heterocycles. The van der Waals surface area contributed by atoms with Crippen LogP contribution in [0.4, 0.5) is 4.39 Å². The second kappa shape index (κ2) is 3.13. The zero-order valence-corrected chi connectivity index (χ0v) is 5.64. The number of hydrogen-bond donors (Lipinski definition) is 0. The van der Waals surface area contributed by atoms with Gasteiger partial charge in [-0.3, -0.25) is 4.90 Å². The number of halogens is 1. The highest BCUT2D eigenvalue weighted by Crippen LogP contribution is 2.16. The molecular weight excluding hydrogens is 121 g/mol. The molecule has 0 spiro atoms. The summed E-state index contributed by atoms with van der Waals surface area (Å²) in [5.41, 5.74) is 0. The van der Waals surface area contributed by atoms with E-state index in [2.05, 4.69) is 0 Å². The molecule has 0 bridgehead atoms. The average Bonchev–Trinajstić information content (AvgIpc) is 2.18. The molecule has 9 heavy (non-hydrogen) atoms. The number of likely N-dealkylation sites (tertiary alicyclic amines) is 1. The van der Waals surface area contributed by atoms with Crippen molar-refractivity contribution in [1.82, 2.24) is 4.90 Å². The van der Waals surface area contributed by atoms with E-state index in [1.54, 1.807) is 12.0 Å². The van der Waals surface area contributed by atoms with E-state index in [0.29, 0.717) is 13.2 Å². The van der Waals surface area contributed by atoms with Crippen molar-refractivity contribution in [2.75, 3.05) is 20.4 Å². The molecule has 3 heteroatoms. The summed E-state index contributed by atoms with van der Waals surface area (Å²) < 4.78 is 17.4. The first-order valence-corrected chi connectivity index (χ1v) is 3.21. The Morgan fingerprint density at radius 3 is 3.00 bits per heavy atom. The number of hydrogen-bond acceptors (Lipinski definition) is 2. The fraction of sp³-hybridized carbons (Fsp3) is 1.00. The third kappa shape index (κ3) is 1.63. The van der Waals surface area contributed by atoms with Crippen LogP contribution in [0.15, 0.2) is 0 Å². The SMILES string of the molecule is COCN1CCC[C@@H]1F. The van der Waals surface area contributed by atoms with Gasteiger partial charge in [0.25, 0.3) is 0 Å². The van der Waals surface area contributed by atoms with Gasteiger partial charge < -0.3 is 4.74 Å². The van der Waals surface area contributed by atoms with Gasteiger partial charge in [0.05, 0.1) is 0 Å². The van der Waals surface area contributed by atoms with Crippen molar-refractivity contribution >= 4 is 0 Å². The summed E-state index contributed by atoms with van der Waals surface area (Å²) in [5, 5.41) is 0. The third-order valence-corrected chi connectivity index (χ3v) is 1.58. The van der Waals surface area contributed by atoms with E-state index in [1.807, 2.05) is 0 Å². The smallest absolute Gasteiger partial charge is 0.155 e. The van der Waals surface area contributed by atoms with Gasteiger partial charge in [-0.15, -0.1) is 0 Å². The monoisotopic (exact) mass is 133 g/mol. The van der Waals surface area contributed by atoms with Gasteiger partial charge >= 0.3 is 0 Å². The number of alkyl halides is 1. The Kier molecular flexibility index (Phi) is 2.42. The maximum atomic E-state index is 12.6. The Labute approximate surface area is 54.6 Å². The van der Waals surface area contributed by atoms with Crippen molar-refractivity contribution in [2.24, 2.45) is 0 Å². The second-order valence-corrected chi connectivity index (χ2v) is 2.31. The molecule has 1 aliphatic heterocycles. The molecule has 1 fully saturated rings. The highest BCUT2D eigenvalue weighted by molar-refractivity contribution is 4.67. The molecule has 2 nitrogen and oxygen atoms in total. The molecule has 0 radical (unpaired) electrons. The van der Waals surface area contributed by atoms with E-state index in [0.717, 1.165) is 13.0 Å². The number of ether oxygens (including phenoxy) is 1. The average molecular weight is 133 g/mol. The summed E-state index contributed by atoms with van der Waals surface area (Å²) >= 11 is 0. The fourth-order valence-corrected chi connectivity index (χ4v) is 1.10. The minimum absolute atomic E-state index is 0.432. The summed E-state index contributed by atoms with van der Waals surface area (Å²) in [7, 11) is 1.59. The molecule has 1 atom stereocenters. The van der Waals surface area contributed by atoms with E-state index in [1.165, 1.54) is 0 Å². The molecular formula is C6H12FNO. The first kappa shape index (κ1) is 6.96. The highest BCUT2D eigenvalue weighted by Gasteiger charge is 2.22. The summed E-state index contributed by atoms with van der Waals surface area (Å²) in [5.74, 6) is 0. The lowest BCUT2D eigenvalue weighted by molar-refractivity contribution is 0.0115. The van der Waals surface area contributed by atoms with Crippen LogP contribution < -0.4 is 0 Å². The van der Waals surface area contributed by atoms with Crippen LogP contribution >= 0.6 is 0 Å². The van der Waals surface area contributed by atoms with Crippen LogP contribution in [0.5, 0.6) is 0 Å². The Bertz CT molecular complexity index is 89.1. The van der Waals surface area contributed by atoms with E-state index in [4.69, 9.17) is 4.74 Å². The molecule has 1 heterocycles. The normalized spacial score (nSPS) is 29.3. The van der Waals surface area contributed by atoms with E-state index in [-0.39, 0.29) is 0 Å². The molecule has 0 saturated carbocycles. The quantitative estimate of drug-likeness (QED) is 0.521. The zero-order valence-electron chi connectivity index (χ0n) is 5.64. The third-order valence-electron chi connectivity index (χ3n) is 1.58. The minimum Gasteiger partial charge on any atom is -0.369 e. The molecule has 1 rings (SSSR count). The highest BCUT2D eigenvalue weighted by atomic mass is 19.1. The zero-order chi connectivity index (χ0) is 6.69. The van der Waals surface area contributed by atoms with Crippen LogP contribution in [-0.4, -0.2) is 31.6 Å². The van der Waals surface area contributed by atoms with Crippen molar-refractivity contribution in [1.29, 1.82) is 0 Å². The second-order valence-electron chi connectivity index (χ2n) is 2.31. The van der Waals surface area contributed by atoms with Crippen LogP contribution in [0.2, 0.25) is 0 Å². The molecule has 54 valence electrons. The van der Waals surface area contributed by atoms with Gasteiger partial charge in [0.2, 0.25) is 0 Å². The van der Waals surface area contributed by atoms with Crippen LogP contribution in [0.3, 0.4) is 0 Å². The summed E-state index contributed by atoms with van der Waals surface area (Å²) in [6.45, 7) is 1.27. The van der Waals surface area contributed by atoms with Crippen LogP contribution in [0.1, 0.15) is 12.8 Å². The van der Waals surface area contributed by atoms with E-state index < -0.39 is 6.30 Å². The molecule has 0 N–H and O–H groups in total. The van der Waals surface area contributed by atoms with Gasteiger partial charge in [0.1, 0.15) is 6.73 Å². The Hall–Kier alpha value is -0.150. The maximum Gasteiger partial charge on any atom is 0.155 e. The predicted molar refractivity (Wildman–Crippen MR) is 32.7 cm³/mol. The van der Waals surface area contributed by atoms with Crippen LogP contribution in [-0.2, 0) is 4.74 Å². The van der Waals surface area contributed by atoms with Gasteiger partial charge in [0.15, 0.2) is 6.30 Å². The van der Waals surface area contributed by atoms with E-state index >= 15 is 0 Å². The van der Waals surface area contributed by atoms with E-state index in [9.17, 15) is 4.39 Å². The molecule has 0 aromatic heterocycles. The molecule has 0 unspecified atom stereocenters. The van der Waals surface area contributed by atoms with Gasteiger partial charge in [0, 0.05) is 13.7 Å². The van der Waals surface area contributed by atoms with Gasteiger partial charge in [-0.1, -0.05) is 0 Å². The van der Waals surface area contributed by atoms with Gasteiger partial charge in [-0.25, -0.2) is 4.39 Å². The molecule has 0 aromatic rings. The topological polar surface area (TPSA) is 12.5 Å². The number of rotatable bonds is 2. The lowest BCUT2D eigenvalue weighted by atomic mass is 10.4. The lowest BCUT2D eigenvalue weighted by Gasteiger charge is -2.15. The molecule has 0 aromatic carbocycles. The minimum atomic E-state index is -0.759. The van der Waals surface area contributed by atoms with Crippen molar-refractivity contribution < 1.29 is 9.13 Å². The Morgan fingerprint density at radius 2 is 2.56 bits per heavy atom. The summed E-state index contributed by atoms with van der Waals surface area (Å²) in [6.07, 6.45) is 0.874. The standard InChI is InChI=1S/C6H12FNO/c1-9-5-8-4-2-3-6(8)7/h6H,2-5H2,1H3/t6-/m1/s1. The van der Waals surface area contributed by atoms with Crippen molar-refractivity contribution in [3.63, 3.8) is 0 Å². The first-order valence-electron chi connectivity index (χ1n) is 3.21. The van der Waals surface area contributed by atoms with Crippen molar-refractivity contribution in [3.8, 4) is 0 Å². The van der Waals surface area contributed by atoms with Crippen LogP contribution in [0, 0.1) is 0 Å². The van der Waals surface area contributed by atoms with Crippen molar-refractivity contribution in [3.05, 3.63) is 0 Å². The van der Waals surface area contributed by atoms with Crippen LogP contribution in [0.25, 0.3) is 0 Å². The predicted octanol–water partition coefficient (Wildman–Crippen LogP) is 0.982. The Balaban J connectivity index is 2.22. The summed E-state index contributed by atoms with van der Waals surface area (Å²) in [4.78, 5) is 1.69. The molecule has 0 aliphatic carbocycles. The number of methoxy groups -OCH3 is 1. The summed E-state index contributed by atoms with van der Waals surface area (Å²) in [6, 6.07) is 0. The maximum absolute atomic E-state index is 12.6. The first-order chi connectivity index (χ1) is 4.34. The fourth-order valence-electron chi connectivity index (χ4n) is 1.10. The van der Waals surface area contributed by atoms with Crippen molar-refractivity contribution in [2.45, 2.75) is 19.1 Å². The molecule has 1 aliphatic rings. The largest absolute Gasteiger partial charge is 0.369 e. The van der Waals surface area contributed by atoms with Gasteiger partial charge in [-0.05, 0) is 12.8 Å². The molecule has 0 amide bonds. The Morgan fingerprint density at radius 1 is 1.78 bits per heavy atom. The number of nitrogens with zero attached hydrogens (tertiary/aromatic N) is 1. The lowest BCUT2D eigenvalue weighted by Crippen LogP contribution is -2.27. The van der Waals surface area contributed by atoms with Gasteiger partial charge in [-0.2, -0.15) is 0 Å².